The Hall–Kier alpha value is -2.24. The third kappa shape index (κ3) is 3.01. The lowest BCUT2D eigenvalue weighted by molar-refractivity contribution is -0.121. The van der Waals surface area contributed by atoms with Crippen LogP contribution in [-0.4, -0.2) is 29.1 Å². The minimum Gasteiger partial charge on any atom is -0.497 e. The number of methoxy groups -OCH3 is 1. The van der Waals surface area contributed by atoms with Crippen LogP contribution in [0.2, 0.25) is 0 Å². The Kier molecular flexibility index (Phi) is 4.45. The zero-order valence-corrected chi connectivity index (χ0v) is 11.8. The summed E-state index contributed by atoms with van der Waals surface area (Å²) < 4.78 is 7.04. The summed E-state index contributed by atoms with van der Waals surface area (Å²) in [7, 11) is 1.61. The van der Waals surface area contributed by atoms with Crippen LogP contribution < -0.4 is 15.8 Å². The van der Waals surface area contributed by atoms with E-state index in [0.29, 0.717) is 25.5 Å². The lowest BCUT2D eigenvalue weighted by atomic mass is 10.3. The molecule has 2 rings (SSSR count). The van der Waals surface area contributed by atoms with E-state index in [0.717, 1.165) is 23.2 Å². The largest absolute Gasteiger partial charge is 0.497 e. The Bertz CT molecular complexity index is 606. The number of carbonyl (C=O) groups excluding carboxylic acids is 1. The molecular weight excluding hydrogens is 256 g/mol. The number of amides is 1. The highest BCUT2D eigenvalue weighted by Crippen LogP contribution is 2.23. The molecule has 0 fully saturated rings. The molecule has 108 valence electrons. The van der Waals surface area contributed by atoms with Crippen molar-refractivity contribution in [1.29, 1.82) is 0 Å². The van der Waals surface area contributed by atoms with E-state index >= 15 is 0 Å². The van der Waals surface area contributed by atoms with Gasteiger partial charge in [0.25, 0.3) is 0 Å². The average molecular weight is 276 g/mol. The second kappa shape index (κ2) is 6.27. The Morgan fingerprint density at radius 3 is 3.00 bits per heavy atom. The summed E-state index contributed by atoms with van der Waals surface area (Å²) in [6.07, 6.45) is 1.31. The minimum absolute atomic E-state index is 0.0241. The molecule has 1 aromatic carbocycles. The van der Waals surface area contributed by atoms with Crippen LogP contribution in [0.4, 0.5) is 5.95 Å². The highest BCUT2D eigenvalue weighted by atomic mass is 16.5. The van der Waals surface area contributed by atoms with Gasteiger partial charge < -0.3 is 20.4 Å². The standard InChI is InChI=1S/C14H20N4O2/c1-3-7-16-13(19)6-8-18-12-9-10(20-2)4-5-11(12)17-14(18)15/h4-5,9H,3,6-8H2,1-2H3,(H2,15,17)(H,16,19). The number of imidazole rings is 1. The van der Waals surface area contributed by atoms with E-state index in [9.17, 15) is 4.79 Å². The van der Waals surface area contributed by atoms with Gasteiger partial charge in [0, 0.05) is 25.6 Å². The van der Waals surface area contributed by atoms with Crippen molar-refractivity contribution in [2.24, 2.45) is 0 Å². The molecule has 0 aliphatic rings. The summed E-state index contributed by atoms with van der Waals surface area (Å²) in [4.78, 5) is 15.9. The number of aromatic nitrogens is 2. The van der Waals surface area contributed by atoms with Gasteiger partial charge in [-0.05, 0) is 18.6 Å². The summed E-state index contributed by atoms with van der Waals surface area (Å²) in [6, 6.07) is 5.58. The molecule has 0 atom stereocenters. The predicted molar refractivity (Wildman–Crippen MR) is 78.6 cm³/mol. The first-order valence-electron chi connectivity index (χ1n) is 6.72. The second-order valence-electron chi connectivity index (χ2n) is 4.58. The summed E-state index contributed by atoms with van der Waals surface area (Å²) in [5, 5.41) is 2.85. The number of nitrogens with one attached hydrogen (secondary N) is 1. The summed E-state index contributed by atoms with van der Waals surface area (Å²) >= 11 is 0. The van der Waals surface area contributed by atoms with Gasteiger partial charge in [-0.25, -0.2) is 4.98 Å². The topological polar surface area (TPSA) is 82.2 Å². The average Bonchev–Trinajstić information content (AvgIpc) is 2.77. The highest BCUT2D eigenvalue weighted by molar-refractivity contribution is 5.80. The number of nitrogens with two attached hydrogens (primary N) is 1. The van der Waals surface area contributed by atoms with Gasteiger partial charge in [0.15, 0.2) is 0 Å². The number of carbonyl (C=O) groups is 1. The number of aryl methyl sites for hydroxylation is 1. The van der Waals surface area contributed by atoms with Gasteiger partial charge in [-0.15, -0.1) is 0 Å². The molecule has 0 aliphatic heterocycles. The fraction of sp³-hybridized carbons (Fsp3) is 0.429. The number of ether oxygens (including phenoxy) is 1. The number of rotatable bonds is 6. The third-order valence-electron chi connectivity index (χ3n) is 3.12. The molecule has 20 heavy (non-hydrogen) atoms. The monoisotopic (exact) mass is 276 g/mol. The third-order valence-corrected chi connectivity index (χ3v) is 3.12. The number of benzene rings is 1. The van der Waals surface area contributed by atoms with E-state index in [1.165, 1.54) is 0 Å². The zero-order chi connectivity index (χ0) is 14.5. The van der Waals surface area contributed by atoms with Gasteiger partial charge in [0.2, 0.25) is 11.9 Å². The number of fused-ring (bicyclic) bond motifs is 1. The molecule has 1 heterocycles. The van der Waals surface area contributed by atoms with Crippen LogP contribution in [-0.2, 0) is 11.3 Å². The second-order valence-corrected chi connectivity index (χ2v) is 4.58. The molecule has 1 amide bonds. The molecule has 6 nitrogen and oxygen atoms in total. The number of nitrogen functional groups attached to an aromatic ring is 1. The van der Waals surface area contributed by atoms with Crippen molar-refractivity contribution in [1.82, 2.24) is 14.9 Å². The molecular formula is C14H20N4O2. The molecule has 3 N–H and O–H groups in total. The number of hydrogen-bond donors (Lipinski definition) is 2. The van der Waals surface area contributed by atoms with Crippen LogP contribution in [0.25, 0.3) is 11.0 Å². The smallest absolute Gasteiger partial charge is 0.221 e. The lowest BCUT2D eigenvalue weighted by Gasteiger charge is -2.07. The lowest BCUT2D eigenvalue weighted by Crippen LogP contribution is -2.25. The van der Waals surface area contributed by atoms with Crippen molar-refractivity contribution in [2.45, 2.75) is 26.3 Å². The van der Waals surface area contributed by atoms with E-state index in [4.69, 9.17) is 10.5 Å². The van der Waals surface area contributed by atoms with E-state index in [2.05, 4.69) is 10.3 Å². The number of nitrogens with zero attached hydrogens (tertiary/aromatic N) is 2. The van der Waals surface area contributed by atoms with Gasteiger partial charge in [0.1, 0.15) is 5.75 Å². The predicted octanol–water partition coefficient (Wildman–Crippen LogP) is 1.54. The maximum Gasteiger partial charge on any atom is 0.221 e. The Balaban J connectivity index is 2.16. The highest BCUT2D eigenvalue weighted by Gasteiger charge is 2.10. The van der Waals surface area contributed by atoms with Crippen molar-refractivity contribution in [2.75, 3.05) is 19.4 Å². The van der Waals surface area contributed by atoms with Crippen molar-refractivity contribution < 1.29 is 9.53 Å². The van der Waals surface area contributed by atoms with Crippen molar-refractivity contribution in [3.63, 3.8) is 0 Å². The number of anilines is 1. The molecule has 0 radical (unpaired) electrons. The Labute approximate surface area is 117 Å². The first-order valence-corrected chi connectivity index (χ1v) is 6.72. The van der Waals surface area contributed by atoms with Crippen LogP contribution >= 0.6 is 0 Å². The summed E-state index contributed by atoms with van der Waals surface area (Å²) in [5.74, 6) is 1.18. The number of hydrogen-bond acceptors (Lipinski definition) is 4. The molecule has 0 spiro atoms. The van der Waals surface area contributed by atoms with Crippen LogP contribution in [0.3, 0.4) is 0 Å². The molecule has 0 bridgehead atoms. The molecule has 0 unspecified atom stereocenters. The Morgan fingerprint density at radius 1 is 1.50 bits per heavy atom. The van der Waals surface area contributed by atoms with Crippen LogP contribution in [0.5, 0.6) is 5.75 Å². The van der Waals surface area contributed by atoms with Gasteiger partial charge >= 0.3 is 0 Å². The van der Waals surface area contributed by atoms with E-state index in [-0.39, 0.29) is 5.91 Å². The molecule has 2 aromatic rings. The summed E-state index contributed by atoms with van der Waals surface area (Å²) in [5.41, 5.74) is 7.59. The van der Waals surface area contributed by atoms with Crippen LogP contribution in [0.15, 0.2) is 18.2 Å². The first-order chi connectivity index (χ1) is 9.65. The fourth-order valence-electron chi connectivity index (χ4n) is 2.05. The van der Waals surface area contributed by atoms with E-state index in [1.54, 1.807) is 7.11 Å². The van der Waals surface area contributed by atoms with Gasteiger partial charge in [-0.3, -0.25) is 4.79 Å². The fourth-order valence-corrected chi connectivity index (χ4v) is 2.05. The minimum atomic E-state index is 0.0241. The van der Waals surface area contributed by atoms with Crippen molar-refractivity contribution in [3.8, 4) is 5.75 Å². The molecule has 0 saturated heterocycles. The molecule has 6 heteroatoms. The quantitative estimate of drug-likeness (QED) is 0.838. The van der Waals surface area contributed by atoms with Crippen LogP contribution in [0, 0.1) is 0 Å². The van der Waals surface area contributed by atoms with Gasteiger partial charge in [0.05, 0.1) is 18.1 Å². The van der Waals surface area contributed by atoms with E-state index in [1.807, 2.05) is 29.7 Å². The molecule has 0 saturated carbocycles. The van der Waals surface area contributed by atoms with Gasteiger partial charge in [-0.1, -0.05) is 6.92 Å². The van der Waals surface area contributed by atoms with Gasteiger partial charge in [-0.2, -0.15) is 0 Å². The molecule has 0 aliphatic carbocycles. The maximum atomic E-state index is 11.7. The first kappa shape index (κ1) is 14.2. The summed E-state index contributed by atoms with van der Waals surface area (Å²) in [6.45, 7) is 3.23. The van der Waals surface area contributed by atoms with Crippen molar-refractivity contribution >= 4 is 22.9 Å². The Morgan fingerprint density at radius 2 is 2.30 bits per heavy atom. The zero-order valence-electron chi connectivity index (χ0n) is 11.8. The molecule has 1 aromatic heterocycles. The normalized spacial score (nSPS) is 10.7. The van der Waals surface area contributed by atoms with E-state index < -0.39 is 0 Å². The van der Waals surface area contributed by atoms with Crippen molar-refractivity contribution in [3.05, 3.63) is 18.2 Å². The maximum absolute atomic E-state index is 11.7. The van der Waals surface area contributed by atoms with Crippen LogP contribution in [0.1, 0.15) is 19.8 Å². The SMILES string of the molecule is CCCNC(=O)CCn1c(N)nc2ccc(OC)cc21.